The first kappa shape index (κ1) is 8.73. The zero-order valence-electron chi connectivity index (χ0n) is 5.86. The Kier molecular flexibility index (Phi) is 2.34. The van der Waals surface area contributed by atoms with Crippen LogP contribution in [-0.2, 0) is 10.2 Å². The molecule has 11 heavy (non-hydrogen) atoms. The standard InChI is InChI=1S/C5H7BrN2O2S/c1-2-8-4-5(6)3-7-11(8,9)10/h3-4H,2H2,1H3. The van der Waals surface area contributed by atoms with Crippen molar-refractivity contribution in [2.24, 2.45) is 4.40 Å². The lowest BCUT2D eigenvalue weighted by Gasteiger charge is -2.17. The number of rotatable bonds is 1. The van der Waals surface area contributed by atoms with E-state index in [-0.39, 0.29) is 0 Å². The molecule has 1 heterocycles. The van der Waals surface area contributed by atoms with Crippen LogP contribution in [0, 0.1) is 0 Å². The van der Waals surface area contributed by atoms with Gasteiger partial charge in [-0.25, -0.2) is 0 Å². The molecule has 0 aliphatic carbocycles. The Labute approximate surface area is 73.9 Å². The molecule has 0 saturated heterocycles. The van der Waals surface area contributed by atoms with Crippen LogP contribution in [0.4, 0.5) is 0 Å². The van der Waals surface area contributed by atoms with Gasteiger partial charge in [0.15, 0.2) is 0 Å². The molecular weight excluding hydrogens is 232 g/mol. The molecule has 0 amide bonds. The van der Waals surface area contributed by atoms with Crippen molar-refractivity contribution in [1.82, 2.24) is 4.31 Å². The van der Waals surface area contributed by atoms with E-state index in [2.05, 4.69) is 20.3 Å². The molecule has 0 bridgehead atoms. The topological polar surface area (TPSA) is 49.7 Å². The van der Waals surface area contributed by atoms with Crippen molar-refractivity contribution in [2.45, 2.75) is 6.92 Å². The lowest BCUT2D eigenvalue weighted by Crippen LogP contribution is -2.26. The summed E-state index contributed by atoms with van der Waals surface area (Å²) in [7, 11) is -3.41. The van der Waals surface area contributed by atoms with Gasteiger partial charge >= 0.3 is 10.2 Å². The highest BCUT2D eigenvalue weighted by Gasteiger charge is 2.18. The van der Waals surface area contributed by atoms with Crippen LogP contribution < -0.4 is 0 Å². The van der Waals surface area contributed by atoms with Crippen molar-refractivity contribution >= 4 is 32.4 Å². The van der Waals surface area contributed by atoms with E-state index in [1.807, 2.05) is 0 Å². The fraction of sp³-hybridized carbons (Fsp3) is 0.400. The molecule has 0 aromatic carbocycles. The van der Waals surface area contributed by atoms with E-state index in [0.717, 1.165) is 4.31 Å². The number of allylic oxidation sites excluding steroid dienone is 1. The molecule has 0 atom stereocenters. The Morgan fingerprint density at radius 1 is 1.73 bits per heavy atom. The molecule has 0 radical (unpaired) electrons. The maximum Gasteiger partial charge on any atom is 0.344 e. The van der Waals surface area contributed by atoms with E-state index in [4.69, 9.17) is 0 Å². The first-order chi connectivity index (χ1) is 5.06. The van der Waals surface area contributed by atoms with E-state index >= 15 is 0 Å². The van der Waals surface area contributed by atoms with Crippen LogP contribution in [0.1, 0.15) is 6.92 Å². The van der Waals surface area contributed by atoms with E-state index < -0.39 is 10.2 Å². The number of hydrogen-bond donors (Lipinski definition) is 0. The first-order valence-electron chi connectivity index (χ1n) is 3.00. The molecule has 0 saturated carbocycles. The molecule has 0 aromatic rings. The molecule has 0 fully saturated rings. The Morgan fingerprint density at radius 2 is 2.36 bits per heavy atom. The minimum absolute atomic E-state index is 0.398. The van der Waals surface area contributed by atoms with Gasteiger partial charge < -0.3 is 0 Å². The molecule has 0 spiro atoms. The van der Waals surface area contributed by atoms with Crippen LogP contribution in [0.3, 0.4) is 0 Å². The molecular formula is C5H7BrN2O2S. The summed E-state index contributed by atoms with van der Waals surface area (Å²) in [5.41, 5.74) is 0. The number of nitrogens with zero attached hydrogens (tertiary/aromatic N) is 2. The third kappa shape index (κ3) is 1.81. The average molecular weight is 239 g/mol. The molecule has 0 unspecified atom stereocenters. The SMILES string of the molecule is CCN1C=C(Br)C=NS1(=O)=O. The predicted molar refractivity (Wildman–Crippen MR) is 46.8 cm³/mol. The van der Waals surface area contributed by atoms with Gasteiger partial charge in [-0.2, -0.15) is 12.8 Å². The monoisotopic (exact) mass is 238 g/mol. The van der Waals surface area contributed by atoms with Gasteiger partial charge in [0.1, 0.15) is 0 Å². The fourth-order valence-electron chi connectivity index (χ4n) is 0.669. The molecule has 0 aromatic heterocycles. The van der Waals surface area contributed by atoms with Crippen LogP contribution >= 0.6 is 15.9 Å². The second kappa shape index (κ2) is 2.94. The summed E-state index contributed by atoms with van der Waals surface area (Å²) in [6.45, 7) is 2.14. The van der Waals surface area contributed by atoms with Crippen molar-refractivity contribution in [3.05, 3.63) is 10.7 Å². The summed E-state index contributed by atoms with van der Waals surface area (Å²) in [6.07, 6.45) is 2.75. The molecule has 1 aliphatic rings. The van der Waals surface area contributed by atoms with Gasteiger partial charge in [0.05, 0.1) is 10.7 Å². The third-order valence-electron chi connectivity index (χ3n) is 1.18. The van der Waals surface area contributed by atoms with Gasteiger partial charge in [-0.05, 0) is 22.9 Å². The van der Waals surface area contributed by atoms with Crippen LogP contribution in [-0.4, -0.2) is 25.5 Å². The highest BCUT2D eigenvalue weighted by molar-refractivity contribution is 9.12. The smallest absolute Gasteiger partial charge is 0.258 e. The summed E-state index contributed by atoms with van der Waals surface area (Å²) in [5, 5.41) is 0. The van der Waals surface area contributed by atoms with Crippen molar-refractivity contribution in [3.63, 3.8) is 0 Å². The summed E-state index contributed by atoms with van der Waals surface area (Å²) < 4.78 is 27.2. The lowest BCUT2D eigenvalue weighted by atomic mass is 10.6. The van der Waals surface area contributed by atoms with Crippen molar-refractivity contribution < 1.29 is 8.42 Å². The van der Waals surface area contributed by atoms with Crippen LogP contribution in [0.5, 0.6) is 0 Å². The van der Waals surface area contributed by atoms with Crippen LogP contribution in [0.25, 0.3) is 0 Å². The van der Waals surface area contributed by atoms with E-state index in [1.165, 1.54) is 12.4 Å². The highest BCUT2D eigenvalue weighted by atomic mass is 79.9. The number of hydrogen-bond acceptors (Lipinski definition) is 2. The van der Waals surface area contributed by atoms with Gasteiger partial charge in [0.2, 0.25) is 0 Å². The van der Waals surface area contributed by atoms with Crippen LogP contribution in [0.15, 0.2) is 15.1 Å². The summed E-state index contributed by atoms with van der Waals surface area (Å²) in [4.78, 5) is 0. The van der Waals surface area contributed by atoms with Gasteiger partial charge in [0.25, 0.3) is 0 Å². The predicted octanol–water partition coefficient (Wildman–Crippen LogP) is 0.874. The Balaban J connectivity index is 3.03. The highest BCUT2D eigenvalue weighted by Crippen LogP contribution is 2.14. The van der Waals surface area contributed by atoms with Crippen molar-refractivity contribution in [1.29, 1.82) is 0 Å². The van der Waals surface area contributed by atoms with Gasteiger partial charge in [-0.15, -0.1) is 0 Å². The molecule has 62 valence electrons. The maximum absolute atomic E-state index is 11.0. The fourth-order valence-corrected chi connectivity index (χ4v) is 2.23. The number of halogens is 1. The molecule has 6 heteroatoms. The zero-order chi connectivity index (χ0) is 8.48. The second-order valence-electron chi connectivity index (χ2n) is 1.93. The largest absolute Gasteiger partial charge is 0.344 e. The second-order valence-corrected chi connectivity index (χ2v) is 4.42. The van der Waals surface area contributed by atoms with E-state index in [0.29, 0.717) is 11.0 Å². The zero-order valence-corrected chi connectivity index (χ0v) is 8.26. The van der Waals surface area contributed by atoms with Crippen molar-refractivity contribution in [2.75, 3.05) is 6.54 Å². The Morgan fingerprint density at radius 3 is 2.82 bits per heavy atom. The average Bonchev–Trinajstić information content (AvgIpc) is 1.94. The molecule has 0 N–H and O–H groups in total. The maximum atomic E-state index is 11.0. The normalized spacial score (nSPS) is 21.6. The Hall–Kier alpha value is -0.360. The Bertz CT molecular complexity index is 306. The van der Waals surface area contributed by atoms with Crippen LogP contribution in [0.2, 0.25) is 0 Å². The molecule has 1 rings (SSSR count). The van der Waals surface area contributed by atoms with Gasteiger partial charge in [-0.3, -0.25) is 4.31 Å². The third-order valence-corrected chi connectivity index (χ3v) is 2.92. The lowest BCUT2D eigenvalue weighted by molar-refractivity contribution is 0.512. The quantitative estimate of drug-likeness (QED) is 0.681. The van der Waals surface area contributed by atoms with E-state index in [9.17, 15) is 8.42 Å². The minimum Gasteiger partial charge on any atom is -0.258 e. The van der Waals surface area contributed by atoms with Crippen molar-refractivity contribution in [3.8, 4) is 0 Å². The van der Waals surface area contributed by atoms with Gasteiger partial charge in [0, 0.05) is 12.7 Å². The first-order valence-corrected chi connectivity index (χ1v) is 5.19. The molecule has 4 nitrogen and oxygen atoms in total. The summed E-state index contributed by atoms with van der Waals surface area (Å²) in [5.74, 6) is 0. The summed E-state index contributed by atoms with van der Waals surface area (Å²) in [6, 6.07) is 0. The van der Waals surface area contributed by atoms with Gasteiger partial charge in [-0.1, -0.05) is 0 Å². The minimum atomic E-state index is -3.41. The molecule has 1 aliphatic heterocycles. The summed E-state index contributed by atoms with van der Waals surface area (Å²) >= 11 is 3.13. The van der Waals surface area contributed by atoms with E-state index in [1.54, 1.807) is 6.92 Å².